The SMILES string of the molecule is NC=Nc1cc(F)c(Cn2ccc3cnccc32)c(Cl)c1. The van der Waals surface area contributed by atoms with Gasteiger partial charge in [-0.05, 0) is 24.3 Å². The summed E-state index contributed by atoms with van der Waals surface area (Å²) in [6, 6.07) is 6.73. The van der Waals surface area contributed by atoms with Crippen LogP contribution in [0.4, 0.5) is 10.1 Å². The fourth-order valence-electron chi connectivity index (χ4n) is 2.25. The van der Waals surface area contributed by atoms with Gasteiger partial charge in [0.25, 0.3) is 0 Å². The molecule has 2 heterocycles. The zero-order chi connectivity index (χ0) is 14.8. The summed E-state index contributed by atoms with van der Waals surface area (Å²) < 4.78 is 16.1. The highest BCUT2D eigenvalue weighted by Crippen LogP contribution is 2.27. The topological polar surface area (TPSA) is 56.2 Å². The van der Waals surface area contributed by atoms with Crippen molar-refractivity contribution in [1.82, 2.24) is 9.55 Å². The van der Waals surface area contributed by atoms with Gasteiger partial charge >= 0.3 is 0 Å². The number of nitrogens with zero attached hydrogens (tertiary/aromatic N) is 3. The summed E-state index contributed by atoms with van der Waals surface area (Å²) in [5, 5.41) is 1.32. The molecular formula is C15H12ClFN4. The Bertz CT molecular complexity index is 802. The number of nitrogens with two attached hydrogens (primary N) is 1. The van der Waals surface area contributed by atoms with Crippen LogP contribution in [-0.2, 0) is 6.54 Å². The number of aliphatic imine (C=N–C) groups is 1. The average molecular weight is 303 g/mol. The van der Waals surface area contributed by atoms with Crippen LogP contribution in [-0.4, -0.2) is 15.9 Å². The molecule has 0 amide bonds. The first-order valence-corrected chi connectivity index (χ1v) is 6.68. The monoisotopic (exact) mass is 302 g/mol. The van der Waals surface area contributed by atoms with Crippen molar-refractivity contribution in [3.63, 3.8) is 0 Å². The molecule has 0 bridgehead atoms. The summed E-state index contributed by atoms with van der Waals surface area (Å²) in [5.41, 5.74) is 6.99. The van der Waals surface area contributed by atoms with E-state index in [1.165, 1.54) is 6.07 Å². The van der Waals surface area contributed by atoms with Crippen LogP contribution in [0.2, 0.25) is 5.02 Å². The molecule has 0 saturated carbocycles. The van der Waals surface area contributed by atoms with Crippen molar-refractivity contribution in [2.24, 2.45) is 10.7 Å². The lowest BCUT2D eigenvalue weighted by Gasteiger charge is -2.09. The highest BCUT2D eigenvalue weighted by molar-refractivity contribution is 6.31. The van der Waals surface area contributed by atoms with Crippen LogP contribution in [0.5, 0.6) is 0 Å². The minimum atomic E-state index is -0.404. The van der Waals surface area contributed by atoms with Crippen molar-refractivity contribution in [3.8, 4) is 0 Å². The smallest absolute Gasteiger partial charge is 0.131 e. The van der Waals surface area contributed by atoms with Crippen molar-refractivity contribution in [2.75, 3.05) is 0 Å². The van der Waals surface area contributed by atoms with Crippen LogP contribution in [0, 0.1) is 5.82 Å². The molecule has 0 aliphatic rings. The fraction of sp³-hybridized carbons (Fsp3) is 0.0667. The van der Waals surface area contributed by atoms with Gasteiger partial charge in [-0.15, -0.1) is 0 Å². The molecule has 0 spiro atoms. The van der Waals surface area contributed by atoms with Gasteiger partial charge in [-0.25, -0.2) is 9.38 Å². The van der Waals surface area contributed by atoms with E-state index < -0.39 is 5.82 Å². The molecule has 0 fully saturated rings. The summed E-state index contributed by atoms with van der Waals surface area (Å²) in [6.07, 6.45) is 6.46. The first kappa shape index (κ1) is 13.6. The van der Waals surface area contributed by atoms with E-state index in [0.717, 1.165) is 17.2 Å². The Morgan fingerprint density at radius 1 is 1.38 bits per heavy atom. The molecule has 0 aliphatic heterocycles. The standard InChI is InChI=1S/C15H12ClFN4/c16-13-5-11(20-9-18)6-14(17)12(13)8-21-4-2-10-7-19-3-1-15(10)21/h1-7,9H,8H2,(H2,18,20). The van der Waals surface area contributed by atoms with Crippen LogP contribution in [0.15, 0.2) is 47.8 Å². The van der Waals surface area contributed by atoms with Crippen LogP contribution in [0.3, 0.4) is 0 Å². The highest BCUT2D eigenvalue weighted by atomic mass is 35.5. The van der Waals surface area contributed by atoms with Crippen molar-refractivity contribution in [1.29, 1.82) is 0 Å². The molecule has 2 aromatic heterocycles. The van der Waals surface area contributed by atoms with Gasteiger partial charge in [0.1, 0.15) is 5.82 Å². The second kappa shape index (κ2) is 5.54. The van der Waals surface area contributed by atoms with Gasteiger partial charge in [0, 0.05) is 29.5 Å². The van der Waals surface area contributed by atoms with E-state index in [1.54, 1.807) is 18.5 Å². The third kappa shape index (κ3) is 2.60. The molecule has 4 nitrogen and oxygen atoms in total. The molecule has 3 rings (SSSR count). The second-order valence-electron chi connectivity index (χ2n) is 4.54. The largest absolute Gasteiger partial charge is 0.390 e. The molecule has 0 aliphatic carbocycles. The van der Waals surface area contributed by atoms with Crippen LogP contribution in [0.25, 0.3) is 10.9 Å². The molecule has 0 atom stereocenters. The maximum absolute atomic E-state index is 14.2. The number of halogens is 2. The van der Waals surface area contributed by atoms with Gasteiger partial charge in [0.05, 0.1) is 29.1 Å². The molecule has 3 aromatic rings. The molecule has 1 aromatic carbocycles. The minimum absolute atomic E-state index is 0.325. The fourth-order valence-corrected chi connectivity index (χ4v) is 2.51. The quantitative estimate of drug-likeness (QED) is 0.595. The summed E-state index contributed by atoms with van der Waals surface area (Å²) in [5.74, 6) is -0.404. The van der Waals surface area contributed by atoms with Gasteiger partial charge in [0.2, 0.25) is 0 Å². The number of fused-ring (bicyclic) bond motifs is 1. The minimum Gasteiger partial charge on any atom is -0.390 e. The van der Waals surface area contributed by atoms with E-state index in [0.29, 0.717) is 22.8 Å². The Morgan fingerprint density at radius 2 is 2.24 bits per heavy atom. The van der Waals surface area contributed by atoms with E-state index >= 15 is 0 Å². The Labute approximate surface area is 125 Å². The van der Waals surface area contributed by atoms with Gasteiger partial charge in [-0.2, -0.15) is 0 Å². The lowest BCUT2D eigenvalue weighted by atomic mass is 10.2. The van der Waals surface area contributed by atoms with E-state index in [-0.39, 0.29) is 0 Å². The van der Waals surface area contributed by atoms with Gasteiger partial charge in [-0.3, -0.25) is 4.98 Å². The molecular weight excluding hydrogens is 291 g/mol. The van der Waals surface area contributed by atoms with Gasteiger partial charge in [0.15, 0.2) is 0 Å². The number of hydrogen-bond acceptors (Lipinski definition) is 2. The normalized spacial score (nSPS) is 11.5. The highest BCUT2D eigenvalue weighted by Gasteiger charge is 2.11. The molecule has 0 radical (unpaired) electrons. The van der Waals surface area contributed by atoms with Crippen molar-refractivity contribution in [2.45, 2.75) is 6.54 Å². The number of rotatable bonds is 3. The van der Waals surface area contributed by atoms with Crippen LogP contribution in [0.1, 0.15) is 5.56 Å². The van der Waals surface area contributed by atoms with E-state index in [2.05, 4.69) is 9.98 Å². The summed E-state index contributed by atoms with van der Waals surface area (Å²) in [4.78, 5) is 7.89. The van der Waals surface area contributed by atoms with Crippen molar-refractivity contribution in [3.05, 3.63) is 59.3 Å². The Morgan fingerprint density at radius 3 is 3.00 bits per heavy atom. The number of pyridine rings is 1. The van der Waals surface area contributed by atoms with Crippen LogP contribution < -0.4 is 5.73 Å². The third-order valence-electron chi connectivity index (χ3n) is 3.25. The Balaban J connectivity index is 2.02. The molecule has 2 N–H and O–H groups in total. The lowest BCUT2D eigenvalue weighted by Crippen LogP contribution is -2.01. The zero-order valence-electron chi connectivity index (χ0n) is 11.0. The predicted octanol–water partition coefficient (Wildman–Crippen LogP) is 3.50. The lowest BCUT2D eigenvalue weighted by molar-refractivity contribution is 0.602. The van der Waals surface area contributed by atoms with E-state index in [4.69, 9.17) is 17.3 Å². The first-order chi connectivity index (χ1) is 10.2. The molecule has 0 unspecified atom stereocenters. The van der Waals surface area contributed by atoms with Gasteiger partial charge in [-0.1, -0.05) is 11.6 Å². The predicted molar refractivity (Wildman–Crippen MR) is 82.6 cm³/mol. The second-order valence-corrected chi connectivity index (χ2v) is 4.95. The average Bonchev–Trinajstić information content (AvgIpc) is 2.86. The third-order valence-corrected chi connectivity index (χ3v) is 3.59. The molecule has 0 saturated heterocycles. The summed E-state index contributed by atoms with van der Waals surface area (Å²) in [7, 11) is 0. The maximum Gasteiger partial charge on any atom is 0.131 e. The van der Waals surface area contributed by atoms with E-state index in [1.807, 2.05) is 22.9 Å². The summed E-state index contributed by atoms with van der Waals surface area (Å²) in [6.45, 7) is 0.338. The van der Waals surface area contributed by atoms with Crippen LogP contribution >= 0.6 is 11.6 Å². The van der Waals surface area contributed by atoms with Gasteiger partial charge < -0.3 is 10.3 Å². The molecule has 106 valence electrons. The van der Waals surface area contributed by atoms with Crippen molar-refractivity contribution < 1.29 is 4.39 Å². The van der Waals surface area contributed by atoms with E-state index in [9.17, 15) is 4.39 Å². The Kier molecular flexibility index (Phi) is 3.58. The zero-order valence-corrected chi connectivity index (χ0v) is 11.8. The maximum atomic E-state index is 14.2. The first-order valence-electron chi connectivity index (χ1n) is 6.30. The number of aromatic nitrogens is 2. The number of hydrogen-bond donors (Lipinski definition) is 1. The Hall–Kier alpha value is -2.40. The van der Waals surface area contributed by atoms with Crippen molar-refractivity contribution >= 4 is 34.5 Å². The summed E-state index contributed by atoms with van der Waals surface area (Å²) >= 11 is 6.16. The molecule has 21 heavy (non-hydrogen) atoms. The number of benzene rings is 1. The molecule has 6 heteroatoms.